The Kier molecular flexibility index (Phi) is 7.61. The molecule has 0 spiro atoms. The number of aryl methyl sites for hydroxylation is 4. The van der Waals surface area contributed by atoms with E-state index < -0.39 is 5.97 Å². The quantitative estimate of drug-likeness (QED) is 0.322. The van der Waals surface area contributed by atoms with Crippen molar-refractivity contribution in [3.8, 4) is 0 Å². The summed E-state index contributed by atoms with van der Waals surface area (Å²) in [6.07, 6.45) is 3.59. The van der Waals surface area contributed by atoms with Crippen LogP contribution in [0, 0.1) is 19.8 Å². The van der Waals surface area contributed by atoms with Gasteiger partial charge in [-0.15, -0.1) is 5.10 Å². The van der Waals surface area contributed by atoms with Crippen LogP contribution in [0.4, 0.5) is 0 Å². The SMILES string of the molecule is CCC1CCc2ccccc2CN(Cc2cc([C@H](CC(=O)O)c3ccc4c(nnn4C)c3C)ccc2C)C1. The third-order valence-electron chi connectivity index (χ3n) is 8.43. The van der Waals surface area contributed by atoms with Crippen molar-refractivity contribution in [1.29, 1.82) is 0 Å². The number of aliphatic carboxylic acids is 1. The normalized spacial score (nSPS) is 17.1. The first-order valence-corrected chi connectivity index (χ1v) is 13.7. The highest BCUT2D eigenvalue weighted by Gasteiger charge is 2.24. The standard InChI is InChI=1S/C32H38N4O2/c1-5-23-11-13-24-8-6-7-9-26(24)19-36(18-23)20-27-16-25(12-10-21(27)2)29(17-31(37)38)28-14-15-30-32(22(28)3)33-34-35(30)4/h6-10,12,14-16,23,29H,5,11,13,17-20H2,1-4H3,(H,37,38)/t23?,29-/m0/s1. The number of hydrogen-bond donors (Lipinski definition) is 1. The van der Waals surface area contributed by atoms with Crippen molar-refractivity contribution in [3.05, 3.63) is 93.5 Å². The lowest BCUT2D eigenvalue weighted by molar-refractivity contribution is -0.137. The molecule has 6 heteroatoms. The fourth-order valence-electron chi connectivity index (χ4n) is 6.06. The minimum atomic E-state index is -0.804. The lowest BCUT2D eigenvalue weighted by Gasteiger charge is -2.31. The van der Waals surface area contributed by atoms with Crippen LogP contribution in [-0.2, 0) is 31.4 Å². The van der Waals surface area contributed by atoms with Gasteiger partial charge in [-0.05, 0) is 77.6 Å². The third kappa shape index (κ3) is 5.37. The zero-order valence-electron chi connectivity index (χ0n) is 22.9. The molecule has 198 valence electrons. The molecule has 0 aliphatic carbocycles. The molecule has 6 nitrogen and oxygen atoms in total. The molecular formula is C32H38N4O2. The zero-order chi connectivity index (χ0) is 26.8. The maximum absolute atomic E-state index is 12.0. The minimum absolute atomic E-state index is 0.0319. The molecule has 2 atom stereocenters. The highest BCUT2D eigenvalue weighted by molar-refractivity contribution is 5.80. The van der Waals surface area contributed by atoms with Crippen molar-refractivity contribution < 1.29 is 9.90 Å². The van der Waals surface area contributed by atoms with Gasteiger partial charge in [-0.1, -0.05) is 67.1 Å². The largest absolute Gasteiger partial charge is 0.481 e. The van der Waals surface area contributed by atoms with E-state index in [4.69, 9.17) is 0 Å². The second-order valence-electron chi connectivity index (χ2n) is 10.9. The summed E-state index contributed by atoms with van der Waals surface area (Å²) in [5.74, 6) is -0.385. The molecule has 2 heterocycles. The van der Waals surface area contributed by atoms with Gasteiger partial charge in [0.05, 0.1) is 11.9 Å². The molecule has 1 N–H and O–H groups in total. The Labute approximate surface area is 225 Å². The molecule has 3 aromatic carbocycles. The van der Waals surface area contributed by atoms with Crippen molar-refractivity contribution in [1.82, 2.24) is 19.9 Å². The van der Waals surface area contributed by atoms with E-state index in [9.17, 15) is 9.90 Å². The molecule has 38 heavy (non-hydrogen) atoms. The van der Waals surface area contributed by atoms with Gasteiger partial charge in [0.25, 0.3) is 0 Å². The average Bonchev–Trinajstić information content (AvgIpc) is 3.27. The lowest BCUT2D eigenvalue weighted by Crippen LogP contribution is -2.31. The Balaban J connectivity index is 1.50. The molecule has 0 saturated heterocycles. The van der Waals surface area contributed by atoms with Crippen LogP contribution in [-0.4, -0.2) is 37.5 Å². The Hall–Kier alpha value is -3.51. The van der Waals surface area contributed by atoms with Crippen LogP contribution in [0.25, 0.3) is 11.0 Å². The number of aromatic nitrogens is 3. The van der Waals surface area contributed by atoms with Crippen LogP contribution in [0.1, 0.15) is 71.0 Å². The van der Waals surface area contributed by atoms with Gasteiger partial charge in [0.1, 0.15) is 5.52 Å². The molecule has 0 radical (unpaired) electrons. The predicted molar refractivity (Wildman–Crippen MR) is 151 cm³/mol. The molecule has 0 saturated carbocycles. The topological polar surface area (TPSA) is 71.2 Å². The van der Waals surface area contributed by atoms with E-state index in [1.807, 2.05) is 20.0 Å². The van der Waals surface area contributed by atoms with Crippen LogP contribution < -0.4 is 0 Å². The molecule has 0 bridgehead atoms. The maximum Gasteiger partial charge on any atom is 0.304 e. The Morgan fingerprint density at radius 2 is 1.89 bits per heavy atom. The van der Waals surface area contributed by atoms with Gasteiger partial charge in [-0.25, -0.2) is 4.68 Å². The number of hydrogen-bond acceptors (Lipinski definition) is 4. The zero-order valence-corrected chi connectivity index (χ0v) is 22.9. The summed E-state index contributed by atoms with van der Waals surface area (Å²) in [7, 11) is 1.88. The molecular weight excluding hydrogens is 472 g/mol. The van der Waals surface area contributed by atoms with Gasteiger partial charge in [0, 0.05) is 32.6 Å². The summed E-state index contributed by atoms with van der Waals surface area (Å²) < 4.78 is 1.76. The monoisotopic (exact) mass is 510 g/mol. The van der Waals surface area contributed by atoms with Crippen LogP contribution in [0.3, 0.4) is 0 Å². The van der Waals surface area contributed by atoms with Crippen LogP contribution in [0.15, 0.2) is 54.6 Å². The number of rotatable bonds is 7. The summed E-state index contributed by atoms with van der Waals surface area (Å²) in [6, 6.07) is 19.4. The predicted octanol–water partition coefficient (Wildman–Crippen LogP) is 6.17. The van der Waals surface area contributed by atoms with Gasteiger partial charge in [-0.3, -0.25) is 9.69 Å². The van der Waals surface area contributed by atoms with Crippen LogP contribution in [0.2, 0.25) is 0 Å². The summed E-state index contributed by atoms with van der Waals surface area (Å²) >= 11 is 0. The highest BCUT2D eigenvalue weighted by atomic mass is 16.4. The molecule has 4 aromatic rings. The van der Waals surface area contributed by atoms with Crippen LogP contribution in [0.5, 0.6) is 0 Å². The average molecular weight is 511 g/mol. The number of carboxylic acids is 1. The fourth-order valence-corrected chi connectivity index (χ4v) is 6.06. The van der Waals surface area contributed by atoms with Gasteiger partial charge in [-0.2, -0.15) is 0 Å². The van der Waals surface area contributed by atoms with E-state index >= 15 is 0 Å². The number of carbonyl (C=O) groups is 1. The van der Waals surface area contributed by atoms with Crippen molar-refractivity contribution in [2.75, 3.05) is 6.54 Å². The van der Waals surface area contributed by atoms with Gasteiger partial charge in [0.15, 0.2) is 0 Å². The molecule has 5 rings (SSSR count). The number of carboxylic acid groups (broad SMARTS) is 1. The third-order valence-corrected chi connectivity index (χ3v) is 8.43. The molecule has 1 aliphatic heterocycles. The maximum atomic E-state index is 12.0. The van der Waals surface area contributed by atoms with Crippen molar-refractivity contribution in [3.63, 3.8) is 0 Å². The summed E-state index contributed by atoms with van der Waals surface area (Å²) in [5, 5.41) is 18.4. The number of benzene rings is 3. The first-order valence-electron chi connectivity index (χ1n) is 13.7. The second kappa shape index (κ2) is 11.1. The van der Waals surface area contributed by atoms with Gasteiger partial charge < -0.3 is 5.11 Å². The van der Waals surface area contributed by atoms with Crippen molar-refractivity contribution >= 4 is 17.0 Å². The van der Waals surface area contributed by atoms with E-state index in [0.29, 0.717) is 5.92 Å². The van der Waals surface area contributed by atoms with Gasteiger partial charge in [0.2, 0.25) is 0 Å². The second-order valence-corrected chi connectivity index (χ2v) is 10.9. The van der Waals surface area contributed by atoms with E-state index in [2.05, 4.69) is 77.6 Å². The Morgan fingerprint density at radius 1 is 1.11 bits per heavy atom. The first kappa shape index (κ1) is 26.1. The molecule has 1 unspecified atom stereocenters. The molecule has 1 aromatic heterocycles. The lowest BCUT2D eigenvalue weighted by atomic mass is 9.84. The van der Waals surface area contributed by atoms with Gasteiger partial charge >= 0.3 is 5.97 Å². The Morgan fingerprint density at radius 3 is 2.66 bits per heavy atom. The first-order chi connectivity index (χ1) is 18.3. The van der Waals surface area contributed by atoms with E-state index in [1.165, 1.54) is 35.1 Å². The van der Waals surface area contributed by atoms with E-state index in [-0.39, 0.29) is 12.3 Å². The summed E-state index contributed by atoms with van der Waals surface area (Å²) in [6.45, 7) is 9.37. The van der Waals surface area contributed by atoms with E-state index in [1.54, 1.807) is 4.68 Å². The smallest absolute Gasteiger partial charge is 0.304 e. The van der Waals surface area contributed by atoms with Crippen LogP contribution >= 0.6 is 0 Å². The van der Waals surface area contributed by atoms with E-state index in [0.717, 1.165) is 53.8 Å². The van der Waals surface area contributed by atoms with Crippen molar-refractivity contribution in [2.24, 2.45) is 13.0 Å². The molecule has 1 aliphatic rings. The summed E-state index contributed by atoms with van der Waals surface area (Å²) in [5.41, 5.74) is 10.2. The van der Waals surface area contributed by atoms with Crippen molar-refractivity contribution in [2.45, 2.75) is 65.5 Å². The fraction of sp³-hybridized carbons (Fsp3) is 0.406. The summed E-state index contributed by atoms with van der Waals surface area (Å²) in [4.78, 5) is 14.6. The molecule has 0 fully saturated rings. The highest BCUT2D eigenvalue weighted by Crippen LogP contribution is 2.35. The number of nitrogens with zero attached hydrogens (tertiary/aromatic N) is 4. The minimum Gasteiger partial charge on any atom is -0.481 e. The Bertz CT molecular complexity index is 1460. The molecule has 0 amide bonds. The number of fused-ring (bicyclic) bond motifs is 2.